The second-order valence-electron chi connectivity index (χ2n) is 4.71. The molecule has 0 radical (unpaired) electrons. The van der Waals surface area contributed by atoms with Gasteiger partial charge in [0.2, 0.25) is 0 Å². The Balaban J connectivity index is 2.11. The molecule has 1 fully saturated rings. The molecule has 2 rings (SSSR count). The topological polar surface area (TPSA) is 114 Å². The lowest BCUT2D eigenvalue weighted by Crippen LogP contribution is -2.47. The van der Waals surface area contributed by atoms with E-state index in [9.17, 15) is 9.46 Å². The molecule has 1 saturated heterocycles. The first-order valence-corrected chi connectivity index (χ1v) is 7.78. The van der Waals surface area contributed by atoms with E-state index >= 15 is 0 Å². The second kappa shape index (κ2) is 6.49. The lowest BCUT2D eigenvalue weighted by molar-refractivity contribution is -0.0520. The number of morpholine rings is 1. The van der Waals surface area contributed by atoms with Crippen LogP contribution in [0.15, 0.2) is 6.33 Å². The van der Waals surface area contributed by atoms with Crippen molar-refractivity contribution >= 4 is 19.7 Å². The van der Waals surface area contributed by atoms with E-state index in [1.165, 1.54) is 11.0 Å². The summed E-state index contributed by atoms with van der Waals surface area (Å²) in [5.41, 5.74) is 7.04. The molecular weight excluding hydrogens is 281 g/mol. The molecule has 9 heteroatoms. The van der Waals surface area contributed by atoms with E-state index in [0.29, 0.717) is 30.3 Å². The van der Waals surface area contributed by atoms with Crippen LogP contribution in [-0.4, -0.2) is 45.0 Å². The van der Waals surface area contributed by atoms with Crippen LogP contribution < -0.4 is 11.1 Å². The average molecular weight is 301 g/mol. The number of nitrogens with one attached hydrogen (secondary N) is 1. The highest BCUT2D eigenvalue weighted by atomic mass is 31.1. The summed E-state index contributed by atoms with van der Waals surface area (Å²) in [7, 11) is -2.72. The van der Waals surface area contributed by atoms with E-state index in [4.69, 9.17) is 10.5 Å². The van der Waals surface area contributed by atoms with Gasteiger partial charge in [-0.15, -0.1) is 0 Å². The van der Waals surface area contributed by atoms with Gasteiger partial charge in [0.25, 0.3) is 8.18 Å². The van der Waals surface area contributed by atoms with Crippen LogP contribution in [-0.2, 0) is 9.30 Å². The zero-order chi connectivity index (χ0) is 14.7. The number of nitrogens with zero attached hydrogens (tertiary/aromatic N) is 3. The second-order valence-corrected chi connectivity index (χ2v) is 5.91. The van der Waals surface area contributed by atoms with Crippen molar-refractivity contribution in [3.05, 3.63) is 12.0 Å². The number of hydrogen-bond acceptors (Lipinski definition) is 6. The molecule has 0 spiro atoms. The molecule has 8 nitrogen and oxygen atoms in total. The highest BCUT2D eigenvalue weighted by Crippen LogP contribution is 2.28. The van der Waals surface area contributed by atoms with Crippen molar-refractivity contribution < 1.29 is 14.2 Å². The number of hydrogen-bond donors (Lipinski definition) is 3. The molecular formula is C11H20N5O3P. The summed E-state index contributed by atoms with van der Waals surface area (Å²) in [6.07, 6.45) is 1.67. The Morgan fingerprint density at radius 2 is 2.35 bits per heavy atom. The first-order valence-electron chi connectivity index (χ1n) is 6.48. The minimum absolute atomic E-state index is 0.0912. The van der Waals surface area contributed by atoms with Gasteiger partial charge < -0.3 is 20.7 Å². The summed E-state index contributed by atoms with van der Waals surface area (Å²) < 4.78 is 18.6. The molecule has 20 heavy (non-hydrogen) atoms. The number of aromatic nitrogens is 2. The van der Waals surface area contributed by atoms with Crippen LogP contribution in [0.4, 0.5) is 11.5 Å². The Bertz CT molecular complexity index is 501. The largest absolute Gasteiger partial charge is 0.394 e. The zero-order valence-electron chi connectivity index (χ0n) is 11.5. The van der Waals surface area contributed by atoms with Gasteiger partial charge >= 0.3 is 0 Å². The van der Waals surface area contributed by atoms with Crippen LogP contribution in [0, 0.1) is 6.92 Å². The molecule has 1 aliphatic heterocycles. The minimum Gasteiger partial charge on any atom is -0.394 e. The van der Waals surface area contributed by atoms with Crippen LogP contribution in [0.25, 0.3) is 0 Å². The van der Waals surface area contributed by atoms with E-state index in [1.807, 2.05) is 6.92 Å². The van der Waals surface area contributed by atoms with Gasteiger partial charge in [-0.1, -0.05) is 6.92 Å². The molecule has 0 saturated carbocycles. The van der Waals surface area contributed by atoms with Gasteiger partial charge in [-0.25, -0.2) is 14.6 Å². The predicted octanol–water partition coefficient (Wildman–Crippen LogP) is 0.598. The lowest BCUT2D eigenvalue weighted by atomic mass is 10.2. The molecule has 3 unspecified atom stereocenters. The summed E-state index contributed by atoms with van der Waals surface area (Å²) in [5, 5.41) is 3.07. The molecule has 3 atom stereocenters. The fourth-order valence-corrected chi connectivity index (χ4v) is 2.73. The fourth-order valence-electron chi connectivity index (χ4n) is 2.05. The summed E-state index contributed by atoms with van der Waals surface area (Å²) in [6.45, 7) is 4.54. The highest BCUT2D eigenvalue weighted by molar-refractivity contribution is 7.35. The van der Waals surface area contributed by atoms with E-state index in [1.54, 1.807) is 6.92 Å². The van der Waals surface area contributed by atoms with Crippen molar-refractivity contribution in [1.82, 2.24) is 14.6 Å². The van der Waals surface area contributed by atoms with Crippen molar-refractivity contribution in [3.63, 3.8) is 0 Å². The van der Waals surface area contributed by atoms with Crippen LogP contribution in [0.1, 0.15) is 19.0 Å². The molecule has 112 valence electrons. The maximum Gasteiger partial charge on any atom is 0.258 e. The Morgan fingerprint density at radius 1 is 1.60 bits per heavy atom. The zero-order valence-corrected chi connectivity index (χ0v) is 12.5. The quantitative estimate of drug-likeness (QED) is 0.693. The minimum atomic E-state index is -2.72. The van der Waals surface area contributed by atoms with Gasteiger partial charge in [-0.3, -0.25) is 4.57 Å². The van der Waals surface area contributed by atoms with Gasteiger partial charge in [-0.05, 0) is 13.3 Å². The van der Waals surface area contributed by atoms with Gasteiger partial charge in [-0.2, -0.15) is 0 Å². The third-order valence-electron chi connectivity index (χ3n) is 3.27. The molecule has 1 aliphatic rings. The van der Waals surface area contributed by atoms with Crippen molar-refractivity contribution in [3.8, 4) is 0 Å². The Hall–Kier alpha value is -1.21. The number of rotatable bonds is 4. The SMILES string of the molecule is CCC1CN([PH](=O)O)CC(Nc2ncnc(C)c2N)O1. The van der Waals surface area contributed by atoms with E-state index < -0.39 is 14.4 Å². The van der Waals surface area contributed by atoms with Crippen molar-refractivity contribution in [2.75, 3.05) is 24.1 Å². The standard InChI is InChI=1S/C11H20N5O3P/c1-3-8-4-16(20(17)18)5-9(19-8)15-11-10(12)7(2)13-6-14-11/h6,8-9,20H,3-5,12H2,1-2H3,(H,17,18)(H,13,14,15). The number of anilines is 2. The summed E-state index contributed by atoms with van der Waals surface area (Å²) in [4.78, 5) is 17.4. The summed E-state index contributed by atoms with van der Waals surface area (Å²) in [5.74, 6) is 0.483. The van der Waals surface area contributed by atoms with E-state index in [-0.39, 0.29) is 6.10 Å². The first-order chi connectivity index (χ1) is 9.51. The maximum absolute atomic E-state index is 11.3. The molecule has 1 aromatic heterocycles. The molecule has 0 aromatic carbocycles. The Morgan fingerprint density at radius 3 is 3.00 bits per heavy atom. The van der Waals surface area contributed by atoms with Crippen LogP contribution in [0.2, 0.25) is 0 Å². The molecule has 0 aliphatic carbocycles. The number of aryl methyl sites for hydroxylation is 1. The van der Waals surface area contributed by atoms with Crippen molar-refractivity contribution in [2.24, 2.45) is 0 Å². The number of nitrogen functional groups attached to an aromatic ring is 1. The Labute approximate surface area is 118 Å². The van der Waals surface area contributed by atoms with Crippen molar-refractivity contribution in [2.45, 2.75) is 32.6 Å². The van der Waals surface area contributed by atoms with Crippen LogP contribution >= 0.6 is 8.18 Å². The van der Waals surface area contributed by atoms with Gasteiger partial charge in [0, 0.05) is 6.54 Å². The van der Waals surface area contributed by atoms with Crippen LogP contribution in [0.3, 0.4) is 0 Å². The van der Waals surface area contributed by atoms with Gasteiger partial charge in [0.15, 0.2) is 5.82 Å². The third-order valence-corrected chi connectivity index (χ3v) is 4.18. The predicted molar refractivity (Wildman–Crippen MR) is 76.5 cm³/mol. The molecule has 1 aromatic rings. The lowest BCUT2D eigenvalue weighted by Gasteiger charge is -2.36. The normalized spacial score (nSPS) is 25.4. The monoisotopic (exact) mass is 301 g/mol. The van der Waals surface area contributed by atoms with Gasteiger partial charge in [0.05, 0.1) is 24.0 Å². The molecule has 2 heterocycles. The molecule has 4 N–H and O–H groups in total. The van der Waals surface area contributed by atoms with Crippen LogP contribution in [0.5, 0.6) is 0 Å². The summed E-state index contributed by atoms with van der Waals surface area (Å²) in [6, 6.07) is 0. The number of ether oxygens (including phenoxy) is 1. The smallest absolute Gasteiger partial charge is 0.258 e. The first kappa shape index (κ1) is 15.2. The Kier molecular flexibility index (Phi) is 4.93. The molecule has 0 amide bonds. The third kappa shape index (κ3) is 3.46. The van der Waals surface area contributed by atoms with E-state index in [2.05, 4.69) is 15.3 Å². The van der Waals surface area contributed by atoms with Crippen molar-refractivity contribution in [1.29, 1.82) is 0 Å². The molecule has 0 bridgehead atoms. The number of nitrogens with two attached hydrogens (primary N) is 1. The van der Waals surface area contributed by atoms with Gasteiger partial charge in [0.1, 0.15) is 12.6 Å². The average Bonchev–Trinajstić information content (AvgIpc) is 2.43. The summed E-state index contributed by atoms with van der Waals surface area (Å²) >= 11 is 0. The fraction of sp³-hybridized carbons (Fsp3) is 0.636. The van der Waals surface area contributed by atoms with E-state index in [0.717, 1.165) is 6.42 Å². The maximum atomic E-state index is 11.3. The highest BCUT2D eigenvalue weighted by Gasteiger charge is 2.29.